The van der Waals surface area contributed by atoms with Gasteiger partial charge in [0.2, 0.25) is 0 Å². The number of pyridine rings is 1. The van der Waals surface area contributed by atoms with E-state index in [9.17, 15) is 4.79 Å². The first-order valence-electron chi connectivity index (χ1n) is 12.8. The molecule has 0 saturated carbocycles. The zero-order valence-corrected chi connectivity index (χ0v) is 21.1. The van der Waals surface area contributed by atoms with Crippen molar-refractivity contribution in [2.75, 3.05) is 38.9 Å². The standard InChI is InChI=1S/C30H34N2O4/c1-32(25-7-5-21(6-8-25)22-12-16-35-17-13-22)26-9-10-27-23(14-18-36-29(27)19-26)3-4-24-20-31-15-11-28(24)30(33)34-2/h5-11,15,19-20,22-23H,3-4,12-14,16-18H2,1-2H3/t23-/m1/s1. The second-order valence-corrected chi connectivity index (χ2v) is 9.66. The number of aromatic nitrogens is 1. The Labute approximate surface area is 213 Å². The van der Waals surface area contributed by atoms with Crippen LogP contribution < -0.4 is 9.64 Å². The second-order valence-electron chi connectivity index (χ2n) is 9.66. The summed E-state index contributed by atoms with van der Waals surface area (Å²) in [5.74, 6) is 1.61. The van der Waals surface area contributed by atoms with Gasteiger partial charge >= 0.3 is 5.97 Å². The van der Waals surface area contributed by atoms with Gasteiger partial charge in [0.05, 0.1) is 19.3 Å². The third-order valence-electron chi connectivity index (χ3n) is 7.59. The average Bonchev–Trinajstić information content (AvgIpc) is 2.95. The molecule has 0 spiro atoms. The molecule has 0 unspecified atom stereocenters. The number of anilines is 2. The van der Waals surface area contributed by atoms with Crippen molar-refractivity contribution in [3.05, 3.63) is 83.2 Å². The van der Waals surface area contributed by atoms with Crippen LogP contribution in [0, 0.1) is 0 Å². The lowest BCUT2D eigenvalue weighted by molar-refractivity contribution is 0.0599. The third-order valence-corrected chi connectivity index (χ3v) is 7.59. The fourth-order valence-corrected chi connectivity index (χ4v) is 5.38. The largest absolute Gasteiger partial charge is 0.493 e. The molecule has 2 aromatic carbocycles. The number of hydrogen-bond donors (Lipinski definition) is 0. The van der Waals surface area contributed by atoms with Crippen LogP contribution in [0.3, 0.4) is 0 Å². The van der Waals surface area contributed by atoms with Gasteiger partial charge in [0.1, 0.15) is 5.75 Å². The van der Waals surface area contributed by atoms with Crippen molar-refractivity contribution in [3.8, 4) is 5.75 Å². The van der Waals surface area contributed by atoms with Gasteiger partial charge in [-0.15, -0.1) is 0 Å². The van der Waals surface area contributed by atoms with Gasteiger partial charge in [-0.1, -0.05) is 18.2 Å². The predicted octanol–water partition coefficient (Wildman–Crippen LogP) is 6.03. The van der Waals surface area contributed by atoms with Gasteiger partial charge in [-0.05, 0) is 84.9 Å². The van der Waals surface area contributed by atoms with E-state index in [1.165, 1.54) is 18.2 Å². The van der Waals surface area contributed by atoms with Crippen LogP contribution in [0.4, 0.5) is 11.4 Å². The lowest BCUT2D eigenvalue weighted by atomic mass is 9.87. The maximum absolute atomic E-state index is 12.1. The quantitative estimate of drug-likeness (QED) is 0.380. The minimum absolute atomic E-state index is 0.312. The number of carbonyl (C=O) groups excluding carboxylic acids is 1. The Bertz CT molecular complexity index is 1190. The third kappa shape index (κ3) is 5.24. The van der Waals surface area contributed by atoms with Gasteiger partial charge in [0.25, 0.3) is 0 Å². The van der Waals surface area contributed by atoms with E-state index in [0.717, 1.165) is 68.0 Å². The molecule has 1 saturated heterocycles. The van der Waals surface area contributed by atoms with E-state index in [0.29, 0.717) is 24.0 Å². The Morgan fingerprint density at radius 3 is 2.58 bits per heavy atom. The molecule has 6 nitrogen and oxygen atoms in total. The molecular formula is C30H34N2O4. The lowest BCUT2D eigenvalue weighted by Crippen LogP contribution is -2.17. The predicted molar refractivity (Wildman–Crippen MR) is 140 cm³/mol. The second kappa shape index (κ2) is 11.1. The fraction of sp³-hybridized carbons (Fsp3) is 0.400. The van der Waals surface area contributed by atoms with Gasteiger partial charge in [-0.2, -0.15) is 0 Å². The summed E-state index contributed by atoms with van der Waals surface area (Å²) in [5, 5.41) is 0. The summed E-state index contributed by atoms with van der Waals surface area (Å²) in [6.45, 7) is 2.41. The number of ether oxygens (including phenoxy) is 3. The lowest BCUT2D eigenvalue weighted by Gasteiger charge is -2.28. The van der Waals surface area contributed by atoms with Gasteiger partial charge < -0.3 is 19.1 Å². The topological polar surface area (TPSA) is 60.9 Å². The Morgan fingerprint density at radius 2 is 1.81 bits per heavy atom. The molecule has 2 aliphatic rings. The van der Waals surface area contributed by atoms with E-state index in [1.54, 1.807) is 18.5 Å². The molecule has 5 rings (SSSR count). The molecule has 0 bridgehead atoms. The van der Waals surface area contributed by atoms with Crippen LogP contribution in [0.15, 0.2) is 60.9 Å². The van der Waals surface area contributed by atoms with Crippen molar-refractivity contribution in [1.82, 2.24) is 4.98 Å². The summed E-state index contributed by atoms with van der Waals surface area (Å²) in [6.07, 6.45) is 8.27. The van der Waals surface area contributed by atoms with Crippen LogP contribution in [-0.2, 0) is 15.9 Å². The molecule has 1 fully saturated rings. The Balaban J connectivity index is 1.28. The molecular weight excluding hydrogens is 452 g/mol. The number of methoxy groups -OCH3 is 1. The molecule has 2 aliphatic heterocycles. The van der Waals surface area contributed by atoms with Gasteiger partial charge in [-0.3, -0.25) is 4.98 Å². The molecule has 6 heteroatoms. The van der Waals surface area contributed by atoms with Crippen LogP contribution in [0.2, 0.25) is 0 Å². The van der Waals surface area contributed by atoms with E-state index >= 15 is 0 Å². The highest BCUT2D eigenvalue weighted by Crippen LogP contribution is 2.40. The SMILES string of the molecule is COC(=O)c1ccncc1CC[C@@H]1CCOc2cc(N(C)c3ccc(C4CCOCC4)cc3)ccc21. The summed E-state index contributed by atoms with van der Waals surface area (Å²) in [6, 6.07) is 17.2. The van der Waals surface area contributed by atoms with Crippen molar-refractivity contribution < 1.29 is 19.0 Å². The molecule has 188 valence electrons. The van der Waals surface area contributed by atoms with Crippen molar-refractivity contribution in [1.29, 1.82) is 0 Å². The number of aryl methyl sites for hydroxylation is 1. The van der Waals surface area contributed by atoms with E-state index in [4.69, 9.17) is 14.2 Å². The highest BCUT2D eigenvalue weighted by molar-refractivity contribution is 5.90. The highest BCUT2D eigenvalue weighted by Gasteiger charge is 2.24. The maximum Gasteiger partial charge on any atom is 0.338 e. The monoisotopic (exact) mass is 486 g/mol. The Hall–Kier alpha value is -3.38. The molecule has 3 aromatic rings. The van der Waals surface area contributed by atoms with E-state index in [-0.39, 0.29) is 5.97 Å². The number of esters is 1. The summed E-state index contributed by atoms with van der Waals surface area (Å²) >= 11 is 0. The molecule has 0 amide bonds. The minimum Gasteiger partial charge on any atom is -0.493 e. The number of hydrogen-bond acceptors (Lipinski definition) is 6. The average molecular weight is 487 g/mol. The van der Waals surface area contributed by atoms with Crippen LogP contribution >= 0.6 is 0 Å². The first kappa shape index (κ1) is 24.3. The van der Waals surface area contributed by atoms with Gasteiger partial charge in [-0.25, -0.2) is 4.79 Å². The van der Waals surface area contributed by atoms with E-state index in [1.807, 2.05) is 0 Å². The number of rotatable bonds is 7. The number of fused-ring (bicyclic) bond motifs is 1. The van der Waals surface area contributed by atoms with E-state index < -0.39 is 0 Å². The summed E-state index contributed by atoms with van der Waals surface area (Å²) < 4.78 is 16.5. The molecule has 0 radical (unpaired) electrons. The molecule has 0 aliphatic carbocycles. The summed E-state index contributed by atoms with van der Waals surface area (Å²) in [5.41, 5.74) is 6.42. The molecule has 1 atom stereocenters. The normalized spacial score (nSPS) is 17.7. The zero-order valence-electron chi connectivity index (χ0n) is 21.1. The van der Waals surface area contributed by atoms with Gasteiger partial charge in [0.15, 0.2) is 0 Å². The van der Waals surface area contributed by atoms with Crippen molar-refractivity contribution in [2.24, 2.45) is 0 Å². The summed E-state index contributed by atoms with van der Waals surface area (Å²) in [7, 11) is 3.51. The number of benzene rings is 2. The van der Waals surface area contributed by atoms with Crippen LogP contribution in [0.1, 0.15) is 64.6 Å². The van der Waals surface area contributed by atoms with Gasteiger partial charge in [0, 0.05) is 50.1 Å². The minimum atomic E-state index is -0.312. The van der Waals surface area contributed by atoms with Crippen LogP contribution in [0.5, 0.6) is 5.75 Å². The van der Waals surface area contributed by atoms with Crippen LogP contribution in [-0.4, -0.2) is 44.9 Å². The summed E-state index contributed by atoms with van der Waals surface area (Å²) in [4.78, 5) is 18.5. The highest BCUT2D eigenvalue weighted by atomic mass is 16.5. The molecule has 0 N–H and O–H groups in total. The first-order chi connectivity index (χ1) is 17.6. The van der Waals surface area contributed by atoms with Crippen molar-refractivity contribution in [2.45, 2.75) is 43.9 Å². The van der Waals surface area contributed by atoms with Crippen LogP contribution in [0.25, 0.3) is 0 Å². The van der Waals surface area contributed by atoms with Crippen molar-refractivity contribution in [3.63, 3.8) is 0 Å². The molecule has 36 heavy (non-hydrogen) atoms. The zero-order chi connectivity index (χ0) is 24.9. The number of carbonyl (C=O) groups is 1. The maximum atomic E-state index is 12.1. The van der Waals surface area contributed by atoms with Crippen molar-refractivity contribution >= 4 is 17.3 Å². The number of nitrogens with zero attached hydrogens (tertiary/aromatic N) is 2. The molecule has 3 heterocycles. The fourth-order valence-electron chi connectivity index (χ4n) is 5.38. The Morgan fingerprint density at radius 1 is 1.03 bits per heavy atom. The Kier molecular flexibility index (Phi) is 7.52. The smallest absolute Gasteiger partial charge is 0.338 e. The molecule has 1 aromatic heterocycles. The first-order valence-corrected chi connectivity index (χ1v) is 12.8. The van der Waals surface area contributed by atoms with E-state index in [2.05, 4.69) is 59.4 Å².